The minimum absolute atomic E-state index is 0.138. The summed E-state index contributed by atoms with van der Waals surface area (Å²) in [6.45, 7) is 3.06. The molecule has 0 spiro atoms. The molecule has 0 aromatic heterocycles. The van der Waals surface area contributed by atoms with E-state index in [1.807, 2.05) is 12.1 Å². The molecule has 1 heterocycles. The fourth-order valence-corrected chi connectivity index (χ4v) is 3.94. The quantitative estimate of drug-likeness (QED) is 0.522. The number of carbonyl (C=O) groups excluding carboxylic acids is 1. The summed E-state index contributed by atoms with van der Waals surface area (Å²) < 4.78 is 11.6. The van der Waals surface area contributed by atoms with E-state index in [1.165, 1.54) is 17.7 Å². The third-order valence-corrected chi connectivity index (χ3v) is 6.20. The molecule has 1 unspecified atom stereocenters. The maximum atomic E-state index is 12.7. The molecular formula is C24H27ClN4O3. The van der Waals surface area contributed by atoms with Gasteiger partial charge in [-0.3, -0.25) is 15.6 Å². The number of nitrogens with one attached hydrogen (secondary N) is 2. The highest BCUT2D eigenvalue weighted by Crippen LogP contribution is 2.40. The molecule has 2 aromatic carbocycles. The van der Waals surface area contributed by atoms with Gasteiger partial charge in [0.25, 0.3) is 5.91 Å². The maximum absolute atomic E-state index is 12.7. The number of carbonyl (C=O) groups is 1. The van der Waals surface area contributed by atoms with E-state index in [0.717, 1.165) is 18.0 Å². The number of hydrogen-bond acceptors (Lipinski definition) is 6. The van der Waals surface area contributed by atoms with Crippen LogP contribution in [-0.2, 0) is 4.79 Å². The average molecular weight is 455 g/mol. The SMILES string of the molecule is CCC(COc1ccc(N2CC(=NNc3ccc(Cl)cc3)C(=N)C2=O)cc1OC)C1CC1. The molecule has 1 saturated carbocycles. The van der Waals surface area contributed by atoms with Gasteiger partial charge in [-0.25, -0.2) is 0 Å². The molecule has 168 valence electrons. The Morgan fingerprint density at radius 3 is 2.62 bits per heavy atom. The fraction of sp³-hybridized carbons (Fsp3) is 0.375. The van der Waals surface area contributed by atoms with Crippen molar-refractivity contribution in [3.05, 3.63) is 47.5 Å². The number of halogens is 1. The number of hydrazone groups is 1. The average Bonchev–Trinajstić information content (AvgIpc) is 3.61. The van der Waals surface area contributed by atoms with Gasteiger partial charge in [0.1, 0.15) is 11.4 Å². The zero-order chi connectivity index (χ0) is 22.7. The topological polar surface area (TPSA) is 87.0 Å². The number of benzene rings is 2. The summed E-state index contributed by atoms with van der Waals surface area (Å²) in [5.74, 6) is 2.16. The van der Waals surface area contributed by atoms with Gasteiger partial charge in [0.05, 0.1) is 25.9 Å². The molecule has 1 aliphatic carbocycles. The van der Waals surface area contributed by atoms with E-state index in [0.29, 0.717) is 40.4 Å². The van der Waals surface area contributed by atoms with Gasteiger partial charge in [0.2, 0.25) is 0 Å². The van der Waals surface area contributed by atoms with Gasteiger partial charge < -0.3 is 14.4 Å². The standard InChI is InChI=1S/C24H27ClN4O3/c1-3-15(16-4-5-16)14-32-21-11-10-19(12-22(21)31-2)29-13-20(23(26)24(29)30)28-27-18-8-6-17(25)7-9-18/h6-12,15-16,26-27H,3-5,13-14H2,1-2H3. The smallest absolute Gasteiger partial charge is 0.278 e. The fourth-order valence-electron chi connectivity index (χ4n) is 3.81. The minimum atomic E-state index is -0.405. The summed E-state index contributed by atoms with van der Waals surface area (Å²) in [7, 11) is 1.58. The summed E-state index contributed by atoms with van der Waals surface area (Å²) in [6, 6.07) is 12.5. The summed E-state index contributed by atoms with van der Waals surface area (Å²) >= 11 is 5.89. The lowest BCUT2D eigenvalue weighted by atomic mass is 10.0. The van der Waals surface area contributed by atoms with Crippen molar-refractivity contribution in [1.82, 2.24) is 0 Å². The molecule has 8 heteroatoms. The maximum Gasteiger partial charge on any atom is 0.278 e. The Kier molecular flexibility index (Phi) is 6.65. The first kappa shape index (κ1) is 22.1. The molecule has 7 nitrogen and oxygen atoms in total. The number of amides is 1. The number of hydrogen-bond donors (Lipinski definition) is 2. The Balaban J connectivity index is 1.46. The lowest BCUT2D eigenvalue weighted by Gasteiger charge is -2.19. The molecule has 4 rings (SSSR count). The van der Waals surface area contributed by atoms with Gasteiger partial charge in [0.15, 0.2) is 11.5 Å². The summed E-state index contributed by atoms with van der Waals surface area (Å²) in [4.78, 5) is 14.2. The zero-order valence-corrected chi connectivity index (χ0v) is 19.0. The Bertz CT molecular complexity index is 1030. The van der Waals surface area contributed by atoms with Crippen molar-refractivity contribution in [1.29, 1.82) is 5.41 Å². The van der Waals surface area contributed by atoms with Gasteiger partial charge >= 0.3 is 0 Å². The van der Waals surface area contributed by atoms with Gasteiger partial charge in [-0.2, -0.15) is 5.10 Å². The van der Waals surface area contributed by atoms with Gasteiger partial charge in [-0.05, 0) is 67.5 Å². The van der Waals surface area contributed by atoms with Crippen molar-refractivity contribution in [2.24, 2.45) is 16.9 Å². The second-order valence-electron chi connectivity index (χ2n) is 8.10. The Hall–Kier alpha value is -3.06. The van der Waals surface area contributed by atoms with E-state index in [2.05, 4.69) is 17.5 Å². The largest absolute Gasteiger partial charge is 0.493 e. The van der Waals surface area contributed by atoms with Crippen molar-refractivity contribution in [3.8, 4) is 11.5 Å². The third-order valence-electron chi connectivity index (χ3n) is 5.94. The number of methoxy groups -OCH3 is 1. The molecule has 0 bridgehead atoms. The van der Waals surface area contributed by atoms with Crippen LogP contribution in [0.15, 0.2) is 47.6 Å². The predicted octanol–water partition coefficient (Wildman–Crippen LogP) is 5.00. The lowest BCUT2D eigenvalue weighted by Crippen LogP contribution is -2.26. The van der Waals surface area contributed by atoms with Crippen molar-refractivity contribution in [2.75, 3.05) is 30.6 Å². The van der Waals surface area contributed by atoms with Crippen molar-refractivity contribution in [2.45, 2.75) is 26.2 Å². The highest BCUT2D eigenvalue weighted by atomic mass is 35.5. The minimum Gasteiger partial charge on any atom is -0.493 e. The molecule has 1 aliphatic heterocycles. The van der Waals surface area contributed by atoms with Crippen LogP contribution in [0.25, 0.3) is 0 Å². The number of nitrogens with zero attached hydrogens (tertiary/aromatic N) is 2. The van der Waals surface area contributed by atoms with E-state index < -0.39 is 5.91 Å². The van der Waals surface area contributed by atoms with Gasteiger partial charge in [-0.15, -0.1) is 0 Å². The molecule has 2 fully saturated rings. The summed E-state index contributed by atoms with van der Waals surface area (Å²) in [6.07, 6.45) is 3.68. The Morgan fingerprint density at radius 2 is 1.97 bits per heavy atom. The van der Waals surface area contributed by atoms with E-state index in [-0.39, 0.29) is 12.3 Å². The van der Waals surface area contributed by atoms with Crippen LogP contribution < -0.4 is 19.8 Å². The lowest BCUT2D eigenvalue weighted by molar-refractivity contribution is -0.111. The van der Waals surface area contributed by atoms with Gasteiger partial charge in [-0.1, -0.05) is 18.5 Å². The van der Waals surface area contributed by atoms with Crippen LogP contribution in [0, 0.1) is 17.2 Å². The molecule has 1 atom stereocenters. The molecule has 1 amide bonds. The van der Waals surface area contributed by atoms with E-state index in [4.69, 9.17) is 26.5 Å². The molecule has 2 aromatic rings. The molecular weight excluding hydrogens is 428 g/mol. The highest BCUT2D eigenvalue weighted by molar-refractivity contribution is 6.72. The Morgan fingerprint density at radius 1 is 1.22 bits per heavy atom. The molecule has 2 aliphatic rings. The monoisotopic (exact) mass is 454 g/mol. The van der Waals surface area contributed by atoms with Crippen LogP contribution in [0.5, 0.6) is 11.5 Å². The van der Waals surface area contributed by atoms with Crippen molar-refractivity contribution in [3.63, 3.8) is 0 Å². The van der Waals surface area contributed by atoms with Crippen LogP contribution in [0.2, 0.25) is 5.02 Å². The number of anilines is 2. The van der Waals surface area contributed by atoms with Crippen LogP contribution >= 0.6 is 11.6 Å². The summed E-state index contributed by atoms with van der Waals surface area (Å²) in [5, 5.41) is 13.0. The Labute approximate surface area is 192 Å². The molecule has 0 radical (unpaired) electrons. The molecule has 2 N–H and O–H groups in total. The number of rotatable bonds is 9. The first-order valence-corrected chi connectivity index (χ1v) is 11.2. The third kappa shape index (κ3) is 4.88. The highest BCUT2D eigenvalue weighted by Gasteiger charge is 2.34. The van der Waals surface area contributed by atoms with E-state index in [1.54, 1.807) is 37.4 Å². The molecule has 1 saturated heterocycles. The van der Waals surface area contributed by atoms with Crippen molar-refractivity contribution < 1.29 is 14.3 Å². The van der Waals surface area contributed by atoms with Crippen LogP contribution in [0.4, 0.5) is 11.4 Å². The first-order valence-electron chi connectivity index (χ1n) is 10.8. The summed E-state index contributed by atoms with van der Waals surface area (Å²) in [5.41, 5.74) is 4.46. The van der Waals surface area contributed by atoms with E-state index in [9.17, 15) is 4.79 Å². The zero-order valence-electron chi connectivity index (χ0n) is 18.2. The second-order valence-corrected chi connectivity index (χ2v) is 8.53. The van der Waals surface area contributed by atoms with Crippen LogP contribution in [0.3, 0.4) is 0 Å². The predicted molar refractivity (Wildman–Crippen MR) is 128 cm³/mol. The van der Waals surface area contributed by atoms with Crippen LogP contribution in [0.1, 0.15) is 26.2 Å². The van der Waals surface area contributed by atoms with Crippen molar-refractivity contribution >= 4 is 40.3 Å². The van der Waals surface area contributed by atoms with Crippen LogP contribution in [-0.4, -0.2) is 37.6 Å². The number of ether oxygens (including phenoxy) is 2. The van der Waals surface area contributed by atoms with Gasteiger partial charge in [0, 0.05) is 16.8 Å². The molecule has 32 heavy (non-hydrogen) atoms. The van der Waals surface area contributed by atoms with E-state index >= 15 is 0 Å². The second kappa shape index (κ2) is 9.61. The normalized spacial score (nSPS) is 18.2. The first-order chi connectivity index (χ1) is 15.5.